The summed E-state index contributed by atoms with van der Waals surface area (Å²) in [4.78, 5) is 23.5. The predicted octanol–water partition coefficient (Wildman–Crippen LogP) is 1.14. The Morgan fingerprint density at radius 3 is 2.53 bits per heavy atom. The van der Waals surface area contributed by atoms with Crippen LogP contribution in [0.2, 0.25) is 0 Å². The molecule has 1 heterocycles. The van der Waals surface area contributed by atoms with Crippen LogP contribution in [-0.4, -0.2) is 27.2 Å². The first kappa shape index (κ1) is 12.8. The van der Waals surface area contributed by atoms with Gasteiger partial charge in [-0.25, -0.2) is 4.79 Å². The Balaban J connectivity index is 2.31. The Morgan fingerprint density at radius 2 is 2.00 bits per heavy atom. The topological polar surface area (TPSA) is 95.1 Å². The van der Waals surface area contributed by atoms with Crippen molar-refractivity contribution in [2.45, 2.75) is 12.5 Å². The largest absolute Gasteiger partial charge is 0.479 e. The third kappa shape index (κ3) is 2.47. The lowest BCUT2D eigenvalue weighted by atomic mass is 9.92. The number of aromatic nitrogens is 2. The van der Waals surface area contributed by atoms with Gasteiger partial charge in [-0.3, -0.25) is 9.89 Å². The first-order chi connectivity index (χ1) is 9.04. The molecule has 1 aromatic carbocycles. The summed E-state index contributed by atoms with van der Waals surface area (Å²) in [6, 6.07) is 8.54. The predicted molar refractivity (Wildman–Crippen MR) is 67.5 cm³/mol. The van der Waals surface area contributed by atoms with Crippen LogP contribution in [0.5, 0.6) is 0 Å². The fourth-order valence-electron chi connectivity index (χ4n) is 1.69. The number of carboxylic acid groups (broad SMARTS) is 1. The molecule has 0 radical (unpaired) electrons. The van der Waals surface area contributed by atoms with Gasteiger partial charge in [0.2, 0.25) is 0 Å². The van der Waals surface area contributed by atoms with Gasteiger partial charge in [-0.1, -0.05) is 30.3 Å². The van der Waals surface area contributed by atoms with Gasteiger partial charge in [0.25, 0.3) is 5.91 Å². The highest BCUT2D eigenvalue weighted by molar-refractivity contribution is 5.97. The number of aromatic amines is 1. The van der Waals surface area contributed by atoms with Crippen molar-refractivity contribution in [1.29, 1.82) is 0 Å². The van der Waals surface area contributed by atoms with Crippen molar-refractivity contribution in [2.24, 2.45) is 0 Å². The number of carbonyl (C=O) groups is 2. The van der Waals surface area contributed by atoms with Crippen LogP contribution < -0.4 is 5.32 Å². The number of H-pyrrole nitrogens is 1. The monoisotopic (exact) mass is 259 g/mol. The van der Waals surface area contributed by atoms with E-state index in [1.807, 2.05) is 0 Å². The minimum absolute atomic E-state index is 0.281. The molecule has 3 N–H and O–H groups in total. The van der Waals surface area contributed by atoms with Crippen LogP contribution in [-0.2, 0) is 10.3 Å². The van der Waals surface area contributed by atoms with Gasteiger partial charge in [-0.15, -0.1) is 0 Å². The number of carboxylic acids is 1. The zero-order valence-electron chi connectivity index (χ0n) is 10.3. The number of nitrogens with zero attached hydrogens (tertiary/aromatic N) is 1. The van der Waals surface area contributed by atoms with Crippen LogP contribution in [0.15, 0.2) is 42.7 Å². The van der Waals surface area contributed by atoms with Crippen molar-refractivity contribution in [3.8, 4) is 0 Å². The van der Waals surface area contributed by atoms with Gasteiger partial charge in [-0.05, 0) is 12.5 Å². The van der Waals surface area contributed by atoms with Crippen LogP contribution in [0.25, 0.3) is 0 Å². The van der Waals surface area contributed by atoms with E-state index in [4.69, 9.17) is 0 Å². The van der Waals surface area contributed by atoms with Crippen LogP contribution in [0.4, 0.5) is 0 Å². The molecule has 0 saturated heterocycles. The van der Waals surface area contributed by atoms with E-state index < -0.39 is 17.4 Å². The molecule has 1 amide bonds. The Kier molecular flexibility index (Phi) is 3.33. The van der Waals surface area contributed by atoms with Crippen molar-refractivity contribution in [3.63, 3.8) is 0 Å². The molecule has 0 saturated carbocycles. The summed E-state index contributed by atoms with van der Waals surface area (Å²) in [6.45, 7) is 1.45. The molecule has 98 valence electrons. The summed E-state index contributed by atoms with van der Waals surface area (Å²) in [6.07, 6.45) is 2.74. The lowest BCUT2D eigenvalue weighted by Crippen LogP contribution is -2.49. The average molecular weight is 259 g/mol. The molecule has 6 heteroatoms. The Morgan fingerprint density at radius 1 is 1.32 bits per heavy atom. The minimum atomic E-state index is -1.49. The van der Waals surface area contributed by atoms with E-state index in [-0.39, 0.29) is 5.56 Å². The highest BCUT2D eigenvalue weighted by atomic mass is 16.4. The van der Waals surface area contributed by atoms with Crippen molar-refractivity contribution >= 4 is 11.9 Å². The molecule has 1 atom stereocenters. The highest BCUT2D eigenvalue weighted by Crippen LogP contribution is 2.21. The van der Waals surface area contributed by atoms with Crippen molar-refractivity contribution in [3.05, 3.63) is 53.9 Å². The molecule has 0 spiro atoms. The summed E-state index contributed by atoms with van der Waals surface area (Å²) in [5.74, 6) is -1.63. The highest BCUT2D eigenvalue weighted by Gasteiger charge is 2.37. The maximum Gasteiger partial charge on any atom is 0.333 e. The summed E-state index contributed by atoms with van der Waals surface area (Å²) >= 11 is 0. The fraction of sp³-hybridized carbons (Fsp3) is 0.154. The SMILES string of the molecule is CC(NC(=O)c1cn[nH]c1)(C(=O)O)c1ccccc1. The average Bonchev–Trinajstić information content (AvgIpc) is 2.93. The Bertz CT molecular complexity index is 580. The van der Waals surface area contributed by atoms with Gasteiger partial charge in [0.15, 0.2) is 5.54 Å². The van der Waals surface area contributed by atoms with E-state index in [1.54, 1.807) is 30.3 Å². The zero-order valence-corrected chi connectivity index (χ0v) is 10.3. The van der Waals surface area contributed by atoms with Gasteiger partial charge >= 0.3 is 5.97 Å². The molecule has 1 unspecified atom stereocenters. The maximum atomic E-state index is 12.0. The minimum Gasteiger partial charge on any atom is -0.479 e. The molecule has 1 aromatic heterocycles. The van der Waals surface area contributed by atoms with E-state index in [0.717, 1.165) is 0 Å². The van der Waals surface area contributed by atoms with E-state index in [9.17, 15) is 14.7 Å². The summed E-state index contributed by atoms with van der Waals surface area (Å²) in [7, 11) is 0. The smallest absolute Gasteiger partial charge is 0.333 e. The number of rotatable bonds is 4. The summed E-state index contributed by atoms with van der Waals surface area (Å²) in [5.41, 5.74) is -0.710. The first-order valence-corrected chi connectivity index (χ1v) is 5.64. The van der Waals surface area contributed by atoms with Gasteiger partial charge < -0.3 is 10.4 Å². The normalized spacial score (nSPS) is 13.5. The second-order valence-corrected chi connectivity index (χ2v) is 4.24. The molecule has 19 heavy (non-hydrogen) atoms. The zero-order chi connectivity index (χ0) is 13.9. The lowest BCUT2D eigenvalue weighted by Gasteiger charge is -2.26. The van der Waals surface area contributed by atoms with Crippen LogP contribution >= 0.6 is 0 Å². The molecule has 2 rings (SSSR count). The standard InChI is InChI=1S/C13H13N3O3/c1-13(12(18)19,10-5-3-2-4-6-10)16-11(17)9-7-14-15-8-9/h2-8H,1H3,(H,14,15)(H,16,17)(H,18,19). The molecule has 0 aliphatic rings. The van der Waals surface area contributed by atoms with Gasteiger partial charge in [0, 0.05) is 6.20 Å². The number of nitrogens with one attached hydrogen (secondary N) is 2. The van der Waals surface area contributed by atoms with Crippen LogP contribution in [0.1, 0.15) is 22.8 Å². The van der Waals surface area contributed by atoms with Gasteiger partial charge in [0.05, 0.1) is 11.8 Å². The van der Waals surface area contributed by atoms with Gasteiger partial charge in [-0.2, -0.15) is 5.10 Å². The number of benzene rings is 1. The van der Waals surface area contributed by atoms with E-state index in [0.29, 0.717) is 5.56 Å². The van der Waals surface area contributed by atoms with Gasteiger partial charge in [0.1, 0.15) is 0 Å². The third-order valence-electron chi connectivity index (χ3n) is 2.90. The van der Waals surface area contributed by atoms with E-state index in [2.05, 4.69) is 15.5 Å². The third-order valence-corrected chi connectivity index (χ3v) is 2.90. The quantitative estimate of drug-likeness (QED) is 0.767. The fourth-order valence-corrected chi connectivity index (χ4v) is 1.69. The molecular formula is C13H13N3O3. The molecule has 0 aliphatic carbocycles. The second-order valence-electron chi connectivity index (χ2n) is 4.24. The first-order valence-electron chi connectivity index (χ1n) is 5.64. The molecule has 0 fully saturated rings. The molecule has 0 bridgehead atoms. The number of amides is 1. The van der Waals surface area contributed by atoms with E-state index >= 15 is 0 Å². The van der Waals surface area contributed by atoms with Crippen molar-refractivity contribution < 1.29 is 14.7 Å². The molecule has 6 nitrogen and oxygen atoms in total. The van der Waals surface area contributed by atoms with Crippen molar-refractivity contribution in [2.75, 3.05) is 0 Å². The van der Waals surface area contributed by atoms with E-state index in [1.165, 1.54) is 19.3 Å². The van der Waals surface area contributed by atoms with Crippen LogP contribution in [0, 0.1) is 0 Å². The van der Waals surface area contributed by atoms with Crippen LogP contribution in [0.3, 0.4) is 0 Å². The Hall–Kier alpha value is -2.63. The lowest BCUT2D eigenvalue weighted by molar-refractivity contribution is -0.144. The molecular weight excluding hydrogens is 246 g/mol. The number of hydrogen-bond donors (Lipinski definition) is 3. The number of hydrogen-bond acceptors (Lipinski definition) is 3. The molecule has 2 aromatic rings. The number of aliphatic carboxylic acids is 1. The Labute approximate surface area is 109 Å². The second kappa shape index (κ2) is 4.93. The molecule has 0 aliphatic heterocycles. The van der Waals surface area contributed by atoms with Crippen molar-refractivity contribution in [1.82, 2.24) is 15.5 Å². The maximum absolute atomic E-state index is 12.0. The summed E-state index contributed by atoms with van der Waals surface area (Å²) < 4.78 is 0. The summed E-state index contributed by atoms with van der Waals surface area (Å²) in [5, 5.41) is 18.1. The number of carbonyl (C=O) groups excluding carboxylic acids is 1.